The molecular weight excluding hydrogens is 346 g/mol. The minimum absolute atomic E-state index is 0.0151. The monoisotopic (exact) mass is 371 g/mol. The standard InChI is InChI=1S/C20H25N3O4/c1-19(2)14-8-10-20(19,3)18(27)23(17(14)26)11-9-16(25)22-21-12-13-6-4-5-7-15(13)24/h4-7,12,14,24H,8-11H2,1-3H3,(H,22,25)/b21-12-/t14-,20-/m0/s1. The van der Waals surface area contributed by atoms with E-state index in [0.717, 1.165) is 0 Å². The van der Waals surface area contributed by atoms with Gasteiger partial charge in [-0.2, -0.15) is 5.10 Å². The number of nitrogens with zero attached hydrogens (tertiary/aromatic N) is 2. The van der Waals surface area contributed by atoms with Crippen LogP contribution < -0.4 is 5.43 Å². The summed E-state index contributed by atoms with van der Waals surface area (Å²) in [7, 11) is 0. The number of phenols is 1. The van der Waals surface area contributed by atoms with Gasteiger partial charge in [0.05, 0.1) is 11.6 Å². The Morgan fingerprint density at radius 2 is 2.04 bits per heavy atom. The van der Waals surface area contributed by atoms with E-state index >= 15 is 0 Å². The smallest absolute Gasteiger partial charge is 0.241 e. The molecule has 27 heavy (non-hydrogen) atoms. The van der Waals surface area contributed by atoms with Crippen LogP contribution in [-0.4, -0.2) is 40.5 Å². The molecule has 1 aromatic carbocycles. The molecule has 0 unspecified atom stereocenters. The van der Waals surface area contributed by atoms with Crippen LogP contribution in [0, 0.1) is 16.7 Å². The number of nitrogens with one attached hydrogen (secondary N) is 1. The summed E-state index contributed by atoms with van der Waals surface area (Å²) in [5, 5.41) is 13.5. The zero-order valence-electron chi connectivity index (χ0n) is 15.9. The molecule has 1 saturated heterocycles. The van der Waals surface area contributed by atoms with Gasteiger partial charge in [0.2, 0.25) is 17.7 Å². The Hall–Kier alpha value is -2.70. The van der Waals surface area contributed by atoms with Crippen molar-refractivity contribution in [1.29, 1.82) is 0 Å². The minimum atomic E-state index is -0.564. The van der Waals surface area contributed by atoms with Crippen molar-refractivity contribution in [3.63, 3.8) is 0 Å². The van der Waals surface area contributed by atoms with Crippen molar-refractivity contribution in [2.45, 2.75) is 40.0 Å². The van der Waals surface area contributed by atoms with Gasteiger partial charge in [-0.25, -0.2) is 5.43 Å². The Balaban J connectivity index is 1.59. The number of carbonyl (C=O) groups is 3. The van der Waals surface area contributed by atoms with Crippen LogP contribution in [0.25, 0.3) is 0 Å². The summed E-state index contributed by atoms with van der Waals surface area (Å²) in [6.45, 7) is 5.94. The normalized spacial score (nSPS) is 26.6. The van der Waals surface area contributed by atoms with E-state index in [0.29, 0.717) is 18.4 Å². The maximum Gasteiger partial charge on any atom is 0.241 e. The van der Waals surface area contributed by atoms with Gasteiger partial charge in [0.1, 0.15) is 5.75 Å². The third-order valence-corrected chi connectivity index (χ3v) is 6.40. The first-order valence-corrected chi connectivity index (χ1v) is 9.14. The van der Waals surface area contributed by atoms with Gasteiger partial charge in [-0.05, 0) is 30.4 Å². The highest BCUT2D eigenvalue weighted by atomic mass is 16.3. The fourth-order valence-corrected chi connectivity index (χ4v) is 4.15. The summed E-state index contributed by atoms with van der Waals surface area (Å²) >= 11 is 0. The second-order valence-corrected chi connectivity index (χ2v) is 8.04. The van der Waals surface area contributed by atoms with Crippen molar-refractivity contribution in [2.75, 3.05) is 6.54 Å². The second-order valence-electron chi connectivity index (χ2n) is 8.04. The lowest BCUT2D eigenvalue weighted by molar-refractivity contribution is -0.167. The maximum atomic E-state index is 12.9. The topological polar surface area (TPSA) is 99.1 Å². The first-order chi connectivity index (χ1) is 12.7. The molecule has 2 N–H and O–H groups in total. The van der Waals surface area contributed by atoms with Crippen molar-refractivity contribution in [3.8, 4) is 5.75 Å². The first kappa shape index (κ1) is 19.1. The molecule has 1 aliphatic carbocycles. The van der Waals surface area contributed by atoms with Gasteiger partial charge in [0.15, 0.2) is 0 Å². The maximum absolute atomic E-state index is 12.9. The third-order valence-electron chi connectivity index (χ3n) is 6.40. The first-order valence-electron chi connectivity index (χ1n) is 9.14. The van der Waals surface area contributed by atoms with Crippen LogP contribution in [0.1, 0.15) is 45.6 Å². The molecule has 1 aliphatic heterocycles. The quantitative estimate of drug-likeness (QED) is 0.470. The molecule has 3 amide bonds. The zero-order valence-corrected chi connectivity index (χ0v) is 15.9. The fourth-order valence-electron chi connectivity index (χ4n) is 4.15. The number of imide groups is 1. The lowest BCUT2D eigenvalue weighted by atomic mass is 9.62. The molecule has 0 aromatic heterocycles. The molecule has 0 spiro atoms. The molecule has 2 fully saturated rings. The fraction of sp³-hybridized carbons (Fsp3) is 0.500. The van der Waals surface area contributed by atoms with E-state index in [1.807, 2.05) is 20.8 Å². The summed E-state index contributed by atoms with van der Waals surface area (Å²) in [5.74, 6) is -0.875. The predicted octanol–water partition coefficient (Wildman–Crippen LogP) is 2.04. The number of amides is 3. The highest BCUT2D eigenvalue weighted by molar-refractivity contribution is 6.04. The molecule has 2 atom stereocenters. The van der Waals surface area contributed by atoms with Crippen LogP contribution in [0.3, 0.4) is 0 Å². The number of hydrogen-bond donors (Lipinski definition) is 2. The Morgan fingerprint density at radius 1 is 1.33 bits per heavy atom. The van der Waals surface area contributed by atoms with Crippen molar-refractivity contribution in [3.05, 3.63) is 29.8 Å². The average Bonchev–Trinajstić information content (AvgIpc) is 2.80. The summed E-state index contributed by atoms with van der Waals surface area (Å²) < 4.78 is 0. The second kappa shape index (κ2) is 6.79. The van der Waals surface area contributed by atoms with Gasteiger partial charge in [-0.3, -0.25) is 19.3 Å². The zero-order chi connectivity index (χ0) is 19.8. The Kier molecular flexibility index (Phi) is 4.80. The van der Waals surface area contributed by atoms with Gasteiger partial charge < -0.3 is 5.11 Å². The minimum Gasteiger partial charge on any atom is -0.507 e. The number of rotatable bonds is 5. The van der Waals surface area contributed by atoms with Crippen molar-refractivity contribution in [2.24, 2.45) is 21.8 Å². The Labute approximate surface area is 158 Å². The van der Waals surface area contributed by atoms with E-state index in [2.05, 4.69) is 10.5 Å². The van der Waals surface area contributed by atoms with E-state index in [-0.39, 0.29) is 41.9 Å². The number of para-hydroxylation sites is 1. The number of benzene rings is 1. The molecule has 2 aliphatic rings. The van der Waals surface area contributed by atoms with Gasteiger partial charge in [-0.15, -0.1) is 0 Å². The van der Waals surface area contributed by atoms with E-state index in [1.54, 1.807) is 18.2 Å². The van der Waals surface area contributed by atoms with Crippen molar-refractivity contribution in [1.82, 2.24) is 10.3 Å². The van der Waals surface area contributed by atoms with E-state index in [9.17, 15) is 19.5 Å². The van der Waals surface area contributed by atoms with E-state index in [1.165, 1.54) is 17.2 Å². The Morgan fingerprint density at radius 3 is 2.74 bits per heavy atom. The molecule has 3 rings (SSSR count). The summed E-state index contributed by atoms with van der Waals surface area (Å²) in [6, 6.07) is 6.61. The van der Waals surface area contributed by atoms with Crippen LogP contribution in [0.2, 0.25) is 0 Å². The number of piperidine rings is 1. The van der Waals surface area contributed by atoms with Crippen LogP contribution >= 0.6 is 0 Å². The number of hydrazone groups is 1. The van der Waals surface area contributed by atoms with Crippen LogP contribution in [0.5, 0.6) is 5.75 Å². The number of hydrogen-bond acceptors (Lipinski definition) is 5. The van der Waals surface area contributed by atoms with Crippen LogP contribution in [-0.2, 0) is 14.4 Å². The largest absolute Gasteiger partial charge is 0.507 e. The average molecular weight is 371 g/mol. The molecule has 1 heterocycles. The molecule has 1 saturated carbocycles. The molecule has 144 valence electrons. The molecule has 1 aromatic rings. The van der Waals surface area contributed by atoms with E-state index < -0.39 is 11.3 Å². The third kappa shape index (κ3) is 3.11. The predicted molar refractivity (Wildman–Crippen MR) is 99.8 cm³/mol. The van der Waals surface area contributed by atoms with Gasteiger partial charge in [0.25, 0.3) is 0 Å². The van der Waals surface area contributed by atoms with Crippen LogP contribution in [0.15, 0.2) is 29.4 Å². The van der Waals surface area contributed by atoms with Crippen molar-refractivity contribution >= 4 is 23.9 Å². The Bertz CT molecular complexity index is 817. The highest BCUT2D eigenvalue weighted by Gasteiger charge is 2.64. The number of phenolic OH excluding ortho intramolecular Hbond substituents is 1. The van der Waals surface area contributed by atoms with Gasteiger partial charge in [-0.1, -0.05) is 32.9 Å². The molecule has 2 bridgehead atoms. The number of likely N-dealkylation sites (tertiary alicyclic amines) is 1. The SMILES string of the molecule is CC1(C)[C@H]2CC[C@@]1(C)C(=O)N(CCC(=O)N/N=C\c1ccccc1O)C2=O. The van der Waals surface area contributed by atoms with E-state index in [4.69, 9.17) is 0 Å². The summed E-state index contributed by atoms with van der Waals surface area (Å²) in [6.07, 6.45) is 2.73. The van der Waals surface area contributed by atoms with Gasteiger partial charge >= 0.3 is 0 Å². The summed E-state index contributed by atoms with van der Waals surface area (Å²) in [5.41, 5.74) is 1.92. The molecular formula is C20H25N3O4. The molecule has 7 nitrogen and oxygen atoms in total. The van der Waals surface area contributed by atoms with Gasteiger partial charge in [0, 0.05) is 24.4 Å². The lowest BCUT2D eigenvalue weighted by Crippen LogP contribution is -2.59. The van der Waals surface area contributed by atoms with Crippen molar-refractivity contribution < 1.29 is 19.5 Å². The highest BCUT2D eigenvalue weighted by Crippen LogP contribution is 2.59. The number of fused-ring (bicyclic) bond motifs is 2. The molecule has 7 heteroatoms. The summed E-state index contributed by atoms with van der Waals surface area (Å²) in [4.78, 5) is 38.9. The number of aromatic hydroxyl groups is 1. The lowest BCUT2D eigenvalue weighted by Gasteiger charge is -2.47. The van der Waals surface area contributed by atoms with Crippen LogP contribution in [0.4, 0.5) is 0 Å². The number of carbonyl (C=O) groups excluding carboxylic acids is 3. The molecule has 0 radical (unpaired) electrons.